The summed E-state index contributed by atoms with van der Waals surface area (Å²) < 4.78 is 0. The first-order valence-corrected chi connectivity index (χ1v) is 7.26. The number of rotatable bonds is 5. The van der Waals surface area contributed by atoms with Crippen LogP contribution in [-0.4, -0.2) is 50.4 Å². The van der Waals surface area contributed by atoms with Gasteiger partial charge in [0, 0.05) is 19.1 Å². The van der Waals surface area contributed by atoms with Crippen LogP contribution in [0.2, 0.25) is 10.0 Å². The number of halogens is 2. The zero-order chi connectivity index (χ0) is 16.2. The van der Waals surface area contributed by atoms with Gasteiger partial charge in [-0.3, -0.25) is 9.59 Å². The van der Waals surface area contributed by atoms with Gasteiger partial charge < -0.3 is 15.1 Å². The van der Waals surface area contributed by atoms with Crippen molar-refractivity contribution < 1.29 is 14.5 Å². The fourth-order valence-electron chi connectivity index (χ4n) is 1.61. The fraction of sp³-hybridized carbons (Fsp3) is 0.429. The number of quaternary nitrogens is 1. The highest BCUT2D eigenvalue weighted by Crippen LogP contribution is 2.25. The molecule has 2 amide bonds. The molecule has 0 aliphatic heterocycles. The van der Waals surface area contributed by atoms with Crippen molar-refractivity contribution >= 4 is 40.7 Å². The zero-order valence-corrected chi connectivity index (χ0v) is 14.0. The Kier molecular flexibility index (Phi) is 6.45. The molecule has 5 nitrogen and oxygen atoms in total. The number of carbonyl (C=O) groups is 2. The number of anilines is 1. The maximum absolute atomic E-state index is 12.2. The van der Waals surface area contributed by atoms with Gasteiger partial charge >= 0.3 is 0 Å². The van der Waals surface area contributed by atoms with E-state index in [0.29, 0.717) is 15.7 Å². The van der Waals surface area contributed by atoms with Gasteiger partial charge in [-0.2, -0.15) is 0 Å². The zero-order valence-electron chi connectivity index (χ0n) is 12.5. The molecule has 1 aromatic rings. The van der Waals surface area contributed by atoms with Crippen LogP contribution in [0, 0.1) is 0 Å². The van der Waals surface area contributed by atoms with Crippen molar-refractivity contribution in [3.8, 4) is 0 Å². The van der Waals surface area contributed by atoms with Crippen LogP contribution in [0.15, 0.2) is 18.2 Å². The van der Waals surface area contributed by atoms with Gasteiger partial charge in [0.1, 0.15) is 0 Å². The van der Waals surface area contributed by atoms with E-state index in [0.717, 1.165) is 4.90 Å². The Morgan fingerprint density at radius 2 is 1.95 bits per heavy atom. The molecule has 0 aliphatic rings. The highest BCUT2D eigenvalue weighted by molar-refractivity contribution is 6.35. The summed E-state index contributed by atoms with van der Waals surface area (Å²) in [5, 5.41) is 3.64. The van der Waals surface area contributed by atoms with Gasteiger partial charge in [-0.05, 0) is 25.1 Å². The fourth-order valence-corrected chi connectivity index (χ4v) is 1.94. The lowest BCUT2D eigenvalue weighted by Crippen LogP contribution is -3.15. The first kappa shape index (κ1) is 17.8. The van der Waals surface area contributed by atoms with Gasteiger partial charge in [-0.1, -0.05) is 23.2 Å². The third-order valence-corrected chi connectivity index (χ3v) is 3.81. The molecule has 0 bridgehead atoms. The number of nitrogens with one attached hydrogen (secondary N) is 2. The second kappa shape index (κ2) is 7.64. The van der Waals surface area contributed by atoms with Gasteiger partial charge in [0.05, 0.1) is 17.8 Å². The molecule has 0 radical (unpaired) electrons. The van der Waals surface area contributed by atoms with Crippen molar-refractivity contribution in [3.05, 3.63) is 28.2 Å². The molecule has 2 N–H and O–H groups in total. The summed E-state index contributed by atoms with van der Waals surface area (Å²) >= 11 is 11.9. The largest absolute Gasteiger partial charge is 0.344 e. The average Bonchev–Trinajstić information content (AvgIpc) is 2.41. The summed E-state index contributed by atoms with van der Waals surface area (Å²) in [4.78, 5) is 26.2. The molecule has 1 rings (SSSR count). The van der Waals surface area contributed by atoms with Gasteiger partial charge in [-0.25, -0.2) is 0 Å². The van der Waals surface area contributed by atoms with Crippen LogP contribution in [-0.2, 0) is 9.59 Å². The van der Waals surface area contributed by atoms with Crippen LogP contribution in [0.4, 0.5) is 5.69 Å². The summed E-state index contributed by atoms with van der Waals surface area (Å²) in [5.74, 6) is -0.254. The predicted octanol–water partition coefficient (Wildman–Crippen LogP) is 0.923. The highest BCUT2D eigenvalue weighted by Gasteiger charge is 2.25. The molecule has 116 valence electrons. The number of benzene rings is 1. The SMILES string of the molecule is C[C@H](C(=O)Nc1cc(Cl)ccc1Cl)[NH+](C)CC(=O)N(C)C. The maximum atomic E-state index is 12.2. The van der Waals surface area contributed by atoms with E-state index in [1.807, 2.05) is 0 Å². The molecule has 0 saturated carbocycles. The summed E-state index contributed by atoms with van der Waals surface area (Å²) in [6.45, 7) is 2.00. The Bertz CT molecular complexity index is 535. The Balaban J connectivity index is 2.70. The van der Waals surface area contributed by atoms with Crippen LogP contribution in [0.5, 0.6) is 0 Å². The van der Waals surface area contributed by atoms with E-state index < -0.39 is 6.04 Å². The topological polar surface area (TPSA) is 53.9 Å². The maximum Gasteiger partial charge on any atom is 0.282 e. The third kappa shape index (κ3) is 5.19. The summed E-state index contributed by atoms with van der Waals surface area (Å²) in [6.07, 6.45) is 0. The lowest BCUT2D eigenvalue weighted by atomic mass is 10.2. The number of amides is 2. The Morgan fingerprint density at radius 1 is 1.33 bits per heavy atom. The number of hydrogen-bond acceptors (Lipinski definition) is 2. The molecule has 7 heteroatoms. The van der Waals surface area contributed by atoms with Gasteiger partial charge in [-0.15, -0.1) is 0 Å². The van der Waals surface area contributed by atoms with Crippen molar-refractivity contribution in [1.29, 1.82) is 0 Å². The monoisotopic (exact) mass is 332 g/mol. The molecule has 0 spiro atoms. The van der Waals surface area contributed by atoms with Crippen molar-refractivity contribution in [3.63, 3.8) is 0 Å². The minimum absolute atomic E-state index is 0.0343. The number of nitrogens with zero attached hydrogens (tertiary/aromatic N) is 1. The second-order valence-corrected chi connectivity index (χ2v) is 5.99. The van der Waals surface area contributed by atoms with Crippen molar-refractivity contribution in [2.45, 2.75) is 13.0 Å². The second-order valence-electron chi connectivity index (χ2n) is 5.15. The van der Waals surface area contributed by atoms with E-state index >= 15 is 0 Å². The summed E-state index contributed by atoms with van der Waals surface area (Å²) in [7, 11) is 5.17. The van der Waals surface area contributed by atoms with Crippen LogP contribution in [0.3, 0.4) is 0 Å². The first-order chi connectivity index (χ1) is 9.72. The molecule has 0 saturated heterocycles. The molecular weight excluding hydrogens is 313 g/mol. The lowest BCUT2D eigenvalue weighted by molar-refractivity contribution is -0.886. The number of likely N-dealkylation sites (N-methyl/N-ethyl adjacent to an activating group) is 2. The molecule has 0 heterocycles. The average molecular weight is 333 g/mol. The van der Waals surface area contributed by atoms with Crippen molar-refractivity contribution in [1.82, 2.24) is 4.90 Å². The van der Waals surface area contributed by atoms with Crippen LogP contribution < -0.4 is 10.2 Å². The van der Waals surface area contributed by atoms with Crippen molar-refractivity contribution in [2.75, 3.05) is 33.0 Å². The quantitative estimate of drug-likeness (QED) is 0.842. The van der Waals surface area contributed by atoms with E-state index in [2.05, 4.69) is 5.32 Å². The van der Waals surface area contributed by atoms with Crippen LogP contribution >= 0.6 is 23.2 Å². The minimum Gasteiger partial charge on any atom is -0.344 e. The Hall–Kier alpha value is -1.30. The first-order valence-electron chi connectivity index (χ1n) is 6.50. The number of hydrogen-bond donors (Lipinski definition) is 2. The molecule has 0 aromatic heterocycles. The molecule has 1 unspecified atom stereocenters. The third-order valence-electron chi connectivity index (χ3n) is 3.25. The lowest BCUT2D eigenvalue weighted by Gasteiger charge is -2.22. The van der Waals surface area contributed by atoms with Crippen molar-refractivity contribution in [2.24, 2.45) is 0 Å². The molecular formula is C14H20Cl2N3O2+. The van der Waals surface area contributed by atoms with E-state index in [1.165, 1.54) is 4.90 Å². The standard InChI is InChI=1S/C14H19Cl2N3O2/c1-9(19(4)8-13(20)18(2)3)14(21)17-12-7-10(15)5-6-11(12)16/h5-7,9H,8H2,1-4H3,(H,17,21)/p+1/t9-/m1/s1. The summed E-state index contributed by atoms with van der Waals surface area (Å²) in [6, 6.07) is 4.46. The molecule has 21 heavy (non-hydrogen) atoms. The van der Waals surface area contributed by atoms with E-state index in [-0.39, 0.29) is 18.4 Å². The van der Waals surface area contributed by atoms with Gasteiger partial charge in [0.2, 0.25) is 0 Å². The molecule has 0 aliphatic carbocycles. The normalized spacial score (nSPS) is 13.4. The molecule has 0 fully saturated rings. The minimum atomic E-state index is -0.399. The summed E-state index contributed by atoms with van der Waals surface area (Å²) in [5.41, 5.74) is 0.466. The van der Waals surface area contributed by atoms with E-state index in [9.17, 15) is 9.59 Å². The van der Waals surface area contributed by atoms with E-state index in [4.69, 9.17) is 23.2 Å². The highest BCUT2D eigenvalue weighted by atomic mass is 35.5. The van der Waals surface area contributed by atoms with E-state index in [1.54, 1.807) is 46.3 Å². The number of carbonyl (C=O) groups excluding carboxylic acids is 2. The predicted molar refractivity (Wildman–Crippen MR) is 85.0 cm³/mol. The van der Waals surface area contributed by atoms with Gasteiger partial charge in [0.15, 0.2) is 12.6 Å². The Morgan fingerprint density at radius 3 is 2.52 bits per heavy atom. The Labute approximate surface area is 134 Å². The smallest absolute Gasteiger partial charge is 0.282 e. The molecule has 2 atom stereocenters. The van der Waals surface area contributed by atoms with Crippen LogP contribution in [0.25, 0.3) is 0 Å². The van der Waals surface area contributed by atoms with Gasteiger partial charge in [0.25, 0.3) is 11.8 Å². The van der Waals surface area contributed by atoms with Crippen LogP contribution in [0.1, 0.15) is 6.92 Å². The molecule has 1 aromatic carbocycles.